The molecule has 3 rings (SSSR count). The topological polar surface area (TPSA) is 120 Å². The van der Waals surface area contributed by atoms with Crippen LogP contribution in [0.25, 0.3) is 11.3 Å². The smallest absolute Gasteiger partial charge is 0.321 e. The molecule has 2 aromatic heterocycles. The maximum atomic E-state index is 12.7. The van der Waals surface area contributed by atoms with E-state index in [0.717, 1.165) is 12.7 Å². The summed E-state index contributed by atoms with van der Waals surface area (Å²) >= 11 is 0. The number of aryl methyl sites for hydroxylation is 1. The van der Waals surface area contributed by atoms with Crippen molar-refractivity contribution >= 4 is 21.7 Å². The Bertz CT molecular complexity index is 1190. The largest absolute Gasteiger partial charge is 0.468 e. The molecule has 0 bridgehead atoms. The number of sulfone groups is 1. The number of rotatable bonds is 7. The predicted molar refractivity (Wildman–Crippen MR) is 113 cm³/mol. The lowest BCUT2D eigenvalue weighted by molar-refractivity contribution is -0.137. The standard InChI is InChI=1S/C21H22N4O5S/c1-14(16-9-10-19(22-12-16)31(28,29)13-20(26)30-3)23-21(27)18-11-17(24-25(18)2)15-7-5-4-6-8-15/h4-12,14H,13H2,1-3H3,(H,23,27)/t14-/m1/s1. The van der Waals surface area contributed by atoms with Gasteiger partial charge in [-0.15, -0.1) is 0 Å². The summed E-state index contributed by atoms with van der Waals surface area (Å²) in [6.07, 6.45) is 1.35. The number of benzene rings is 1. The fourth-order valence-electron chi connectivity index (χ4n) is 2.90. The summed E-state index contributed by atoms with van der Waals surface area (Å²) in [6.45, 7) is 1.76. The molecule has 1 amide bonds. The number of methoxy groups -OCH3 is 1. The van der Waals surface area contributed by atoms with Crippen molar-refractivity contribution in [3.63, 3.8) is 0 Å². The van der Waals surface area contributed by atoms with Crippen LogP contribution in [0.15, 0.2) is 59.8 Å². The number of pyridine rings is 1. The van der Waals surface area contributed by atoms with Crippen molar-refractivity contribution in [2.75, 3.05) is 12.9 Å². The van der Waals surface area contributed by atoms with Gasteiger partial charge in [0, 0.05) is 18.8 Å². The molecule has 3 aromatic rings. The van der Waals surface area contributed by atoms with E-state index in [1.165, 1.54) is 16.9 Å². The highest BCUT2D eigenvalue weighted by Gasteiger charge is 2.22. The van der Waals surface area contributed by atoms with Crippen molar-refractivity contribution in [3.8, 4) is 11.3 Å². The molecule has 0 aliphatic carbocycles. The van der Waals surface area contributed by atoms with Crippen LogP contribution in [-0.4, -0.2) is 47.9 Å². The maximum Gasteiger partial charge on any atom is 0.321 e. The maximum absolute atomic E-state index is 12.7. The summed E-state index contributed by atoms with van der Waals surface area (Å²) in [5.41, 5.74) is 2.58. The highest BCUT2D eigenvalue weighted by Crippen LogP contribution is 2.20. The molecule has 0 radical (unpaired) electrons. The zero-order chi connectivity index (χ0) is 22.6. The lowest BCUT2D eigenvalue weighted by Gasteiger charge is -2.14. The molecule has 0 spiro atoms. The Kier molecular flexibility index (Phi) is 6.50. The Hall–Kier alpha value is -3.53. The van der Waals surface area contributed by atoms with Crippen molar-refractivity contribution in [1.29, 1.82) is 0 Å². The molecular formula is C21H22N4O5S. The van der Waals surface area contributed by atoms with E-state index in [1.807, 2.05) is 30.3 Å². The van der Waals surface area contributed by atoms with Crippen LogP contribution in [0.1, 0.15) is 29.0 Å². The van der Waals surface area contributed by atoms with Gasteiger partial charge in [-0.1, -0.05) is 36.4 Å². The molecular weight excluding hydrogens is 420 g/mol. The molecule has 0 fully saturated rings. The van der Waals surface area contributed by atoms with Gasteiger partial charge in [-0.25, -0.2) is 13.4 Å². The van der Waals surface area contributed by atoms with Crippen molar-refractivity contribution in [3.05, 3.63) is 66.0 Å². The first-order valence-corrected chi connectivity index (χ1v) is 11.0. The van der Waals surface area contributed by atoms with Gasteiger partial charge in [-0.05, 0) is 24.6 Å². The third kappa shape index (κ3) is 5.15. The molecule has 9 nitrogen and oxygen atoms in total. The number of amides is 1. The molecule has 1 atom stereocenters. The van der Waals surface area contributed by atoms with Crippen LogP contribution >= 0.6 is 0 Å². The van der Waals surface area contributed by atoms with E-state index in [2.05, 4.69) is 20.1 Å². The number of hydrogen-bond donors (Lipinski definition) is 1. The lowest BCUT2D eigenvalue weighted by atomic mass is 10.1. The second-order valence-corrected chi connectivity index (χ2v) is 8.80. The Balaban J connectivity index is 1.72. The van der Waals surface area contributed by atoms with Gasteiger partial charge in [-0.2, -0.15) is 5.10 Å². The van der Waals surface area contributed by atoms with Crippen molar-refractivity contribution in [2.45, 2.75) is 18.0 Å². The molecule has 0 aliphatic rings. The van der Waals surface area contributed by atoms with Gasteiger partial charge in [0.2, 0.25) is 9.84 Å². The quantitative estimate of drug-likeness (QED) is 0.555. The number of aromatic nitrogens is 3. The van der Waals surface area contributed by atoms with E-state index in [9.17, 15) is 18.0 Å². The SMILES string of the molecule is COC(=O)CS(=O)(=O)c1ccc([C@@H](C)NC(=O)c2cc(-c3ccccc3)nn2C)cn1. The molecule has 0 unspecified atom stereocenters. The van der Waals surface area contributed by atoms with E-state index in [4.69, 9.17) is 0 Å². The number of carbonyl (C=O) groups excluding carboxylic acids is 2. The second kappa shape index (κ2) is 9.09. The van der Waals surface area contributed by atoms with Gasteiger partial charge in [0.15, 0.2) is 10.8 Å². The fourth-order valence-corrected chi connectivity index (χ4v) is 3.97. The molecule has 1 aromatic carbocycles. The first kappa shape index (κ1) is 22.2. The van der Waals surface area contributed by atoms with Crippen LogP contribution in [0.2, 0.25) is 0 Å². The van der Waals surface area contributed by atoms with Gasteiger partial charge in [0.1, 0.15) is 5.69 Å². The van der Waals surface area contributed by atoms with E-state index >= 15 is 0 Å². The number of nitrogens with one attached hydrogen (secondary N) is 1. The summed E-state index contributed by atoms with van der Waals surface area (Å²) in [4.78, 5) is 27.9. The van der Waals surface area contributed by atoms with E-state index in [-0.39, 0.29) is 10.9 Å². The predicted octanol–water partition coefficient (Wildman–Crippen LogP) is 1.92. The Labute approximate surface area is 180 Å². The minimum absolute atomic E-state index is 0.237. The zero-order valence-electron chi connectivity index (χ0n) is 17.3. The van der Waals surface area contributed by atoms with Gasteiger partial charge in [-0.3, -0.25) is 14.3 Å². The van der Waals surface area contributed by atoms with Crippen LogP contribution in [0.3, 0.4) is 0 Å². The Morgan fingerprint density at radius 2 is 1.87 bits per heavy atom. The first-order chi connectivity index (χ1) is 14.7. The first-order valence-electron chi connectivity index (χ1n) is 9.37. The number of carbonyl (C=O) groups is 2. The zero-order valence-corrected chi connectivity index (χ0v) is 18.1. The highest BCUT2D eigenvalue weighted by molar-refractivity contribution is 7.92. The number of esters is 1. The van der Waals surface area contributed by atoms with Crippen LogP contribution in [0.4, 0.5) is 0 Å². The minimum Gasteiger partial charge on any atom is -0.468 e. The molecule has 1 N–H and O–H groups in total. The molecule has 0 saturated carbocycles. The van der Waals surface area contributed by atoms with E-state index in [1.54, 1.807) is 26.1 Å². The monoisotopic (exact) mass is 442 g/mol. The van der Waals surface area contributed by atoms with Crippen LogP contribution in [0.5, 0.6) is 0 Å². The summed E-state index contributed by atoms with van der Waals surface area (Å²) in [5.74, 6) is -1.98. The average Bonchev–Trinajstić information content (AvgIpc) is 3.16. The second-order valence-electron chi connectivity index (χ2n) is 6.86. The van der Waals surface area contributed by atoms with Crippen LogP contribution < -0.4 is 5.32 Å². The van der Waals surface area contributed by atoms with Crippen molar-refractivity contribution < 1.29 is 22.7 Å². The number of hydrogen-bond acceptors (Lipinski definition) is 7. The third-order valence-electron chi connectivity index (χ3n) is 4.64. The fraction of sp³-hybridized carbons (Fsp3) is 0.238. The summed E-state index contributed by atoms with van der Waals surface area (Å²) in [5, 5.41) is 7.01. The highest BCUT2D eigenvalue weighted by atomic mass is 32.2. The summed E-state index contributed by atoms with van der Waals surface area (Å²) in [6, 6.07) is 13.6. The van der Waals surface area contributed by atoms with Crippen molar-refractivity contribution in [1.82, 2.24) is 20.1 Å². The normalized spacial score (nSPS) is 12.2. The summed E-state index contributed by atoms with van der Waals surface area (Å²) < 4.78 is 30.2. The molecule has 10 heteroatoms. The van der Waals surface area contributed by atoms with Crippen molar-refractivity contribution in [2.24, 2.45) is 7.05 Å². The Morgan fingerprint density at radius 1 is 1.16 bits per heavy atom. The van der Waals surface area contributed by atoms with Gasteiger partial charge in [0.25, 0.3) is 5.91 Å². The molecule has 162 valence electrons. The van der Waals surface area contributed by atoms with Gasteiger partial charge < -0.3 is 10.1 Å². The van der Waals surface area contributed by atoms with Gasteiger partial charge >= 0.3 is 5.97 Å². The van der Waals surface area contributed by atoms with Gasteiger partial charge in [0.05, 0.1) is 18.8 Å². The minimum atomic E-state index is -3.89. The number of ether oxygens (including phenoxy) is 1. The molecule has 2 heterocycles. The van der Waals surface area contributed by atoms with E-state index < -0.39 is 27.6 Å². The lowest BCUT2D eigenvalue weighted by Crippen LogP contribution is -2.28. The molecule has 0 aliphatic heterocycles. The average molecular weight is 442 g/mol. The van der Waals surface area contributed by atoms with Crippen LogP contribution in [0, 0.1) is 0 Å². The summed E-state index contributed by atoms with van der Waals surface area (Å²) in [7, 11) is -1.09. The van der Waals surface area contributed by atoms with Crippen LogP contribution in [-0.2, 0) is 26.4 Å². The Morgan fingerprint density at radius 3 is 2.48 bits per heavy atom. The van der Waals surface area contributed by atoms with E-state index in [0.29, 0.717) is 17.0 Å². The third-order valence-corrected chi connectivity index (χ3v) is 6.14. The molecule has 0 saturated heterocycles. The molecule has 31 heavy (non-hydrogen) atoms. The number of nitrogens with zero attached hydrogens (tertiary/aromatic N) is 3.